The number of nitrogens with one attached hydrogen (secondary N) is 4. The van der Waals surface area contributed by atoms with Gasteiger partial charge in [-0.15, -0.1) is 22.7 Å². The van der Waals surface area contributed by atoms with Gasteiger partial charge in [-0.2, -0.15) is 0 Å². The molecule has 0 spiro atoms. The molecule has 0 saturated carbocycles. The maximum atomic E-state index is 13.1. The molecule has 2 aromatic carbocycles. The summed E-state index contributed by atoms with van der Waals surface area (Å²) in [4.78, 5) is 40.7. The standard InChI is InChI=1S/C25H19BrClN5O5S3/c26-21-8-6-17(38-21)12-28-15-3-7-18-19(11-15)30-25(35)32(13-20(18)33)16-4-1-14(2-5-16)29-24(34)31-40(36,37)23-10-9-22(27)39-23/h1-11,28H,12-13H2,(H,30,35)(H2,29,31,34). The quantitative estimate of drug-likeness (QED) is 0.174. The van der Waals surface area contributed by atoms with Gasteiger partial charge in [-0.1, -0.05) is 11.6 Å². The first-order valence-corrected chi connectivity index (χ1v) is 15.8. The van der Waals surface area contributed by atoms with Gasteiger partial charge in [-0.05, 0) is 82.7 Å². The van der Waals surface area contributed by atoms with Crippen LogP contribution in [-0.2, 0) is 16.6 Å². The molecule has 0 atom stereocenters. The Hall–Kier alpha value is -3.43. The zero-order valence-electron chi connectivity index (χ0n) is 20.2. The van der Waals surface area contributed by atoms with Gasteiger partial charge in [0.1, 0.15) is 4.21 Å². The Morgan fingerprint density at radius 1 is 1.00 bits per heavy atom. The number of hydrogen-bond donors (Lipinski definition) is 4. The Labute approximate surface area is 250 Å². The number of carbonyl (C=O) groups excluding carboxylic acids is 3. The van der Waals surface area contributed by atoms with E-state index in [-0.39, 0.29) is 26.6 Å². The lowest BCUT2D eigenvalue weighted by Gasteiger charge is -2.20. The van der Waals surface area contributed by atoms with E-state index in [1.807, 2.05) is 16.9 Å². The van der Waals surface area contributed by atoms with Crippen molar-refractivity contribution in [2.24, 2.45) is 0 Å². The molecule has 15 heteroatoms. The monoisotopic (exact) mass is 679 g/mol. The van der Waals surface area contributed by atoms with Gasteiger partial charge in [0, 0.05) is 34.0 Å². The molecular weight excluding hydrogens is 662 g/mol. The summed E-state index contributed by atoms with van der Waals surface area (Å²) in [5.74, 6) is -0.248. The average molecular weight is 681 g/mol. The van der Waals surface area contributed by atoms with Crippen LogP contribution in [0.15, 0.2) is 74.7 Å². The number of nitrogens with zero attached hydrogens (tertiary/aromatic N) is 1. The van der Waals surface area contributed by atoms with Gasteiger partial charge in [0.2, 0.25) is 0 Å². The van der Waals surface area contributed by atoms with E-state index in [1.54, 1.807) is 29.5 Å². The van der Waals surface area contributed by atoms with Crippen LogP contribution in [0, 0.1) is 0 Å². The van der Waals surface area contributed by atoms with Crippen LogP contribution in [0.25, 0.3) is 0 Å². The van der Waals surface area contributed by atoms with Gasteiger partial charge in [-0.3, -0.25) is 9.69 Å². The number of sulfonamides is 1. The van der Waals surface area contributed by atoms with Crippen molar-refractivity contribution in [2.75, 3.05) is 27.4 Å². The summed E-state index contributed by atoms with van der Waals surface area (Å²) >= 11 is 11.7. The molecule has 4 N–H and O–H groups in total. The zero-order valence-corrected chi connectivity index (χ0v) is 25.0. The molecule has 0 aliphatic carbocycles. The molecule has 40 heavy (non-hydrogen) atoms. The summed E-state index contributed by atoms with van der Waals surface area (Å²) in [6, 6.07) is 16.5. The molecule has 206 valence electrons. The second-order valence-corrected chi connectivity index (χ2v) is 14.6. The van der Waals surface area contributed by atoms with Crippen LogP contribution in [0.3, 0.4) is 0 Å². The van der Waals surface area contributed by atoms with E-state index in [2.05, 4.69) is 31.9 Å². The lowest BCUT2D eigenvalue weighted by Crippen LogP contribution is -2.36. The van der Waals surface area contributed by atoms with Crippen molar-refractivity contribution in [1.29, 1.82) is 0 Å². The summed E-state index contributed by atoms with van der Waals surface area (Å²) in [5, 5.41) is 8.52. The zero-order chi connectivity index (χ0) is 28.4. The highest BCUT2D eigenvalue weighted by Crippen LogP contribution is 2.29. The first-order valence-electron chi connectivity index (χ1n) is 11.5. The van der Waals surface area contributed by atoms with Crippen LogP contribution in [0.4, 0.5) is 32.3 Å². The van der Waals surface area contributed by atoms with Gasteiger partial charge >= 0.3 is 12.1 Å². The third kappa shape index (κ3) is 6.47. The lowest BCUT2D eigenvalue weighted by atomic mass is 10.1. The van der Waals surface area contributed by atoms with Crippen molar-refractivity contribution >= 4 is 101 Å². The second-order valence-electron chi connectivity index (χ2n) is 8.42. The summed E-state index contributed by atoms with van der Waals surface area (Å²) in [6.07, 6.45) is 0. The van der Waals surface area contributed by atoms with Crippen LogP contribution in [-0.4, -0.2) is 32.8 Å². The molecule has 0 bridgehead atoms. The Kier molecular flexibility index (Phi) is 8.14. The molecule has 0 unspecified atom stereocenters. The molecule has 4 aromatic rings. The number of thiophene rings is 2. The van der Waals surface area contributed by atoms with Crippen LogP contribution in [0.5, 0.6) is 0 Å². The number of hydrogen-bond acceptors (Lipinski definition) is 8. The highest BCUT2D eigenvalue weighted by atomic mass is 79.9. The van der Waals surface area contributed by atoms with E-state index in [4.69, 9.17) is 11.6 Å². The molecule has 3 heterocycles. The van der Waals surface area contributed by atoms with Gasteiger partial charge in [0.15, 0.2) is 5.78 Å². The summed E-state index contributed by atoms with van der Waals surface area (Å²) in [7, 11) is -4.08. The summed E-state index contributed by atoms with van der Waals surface area (Å²) in [6.45, 7) is 0.402. The molecule has 5 rings (SSSR count). The predicted molar refractivity (Wildman–Crippen MR) is 162 cm³/mol. The van der Waals surface area contributed by atoms with Crippen molar-refractivity contribution in [3.63, 3.8) is 0 Å². The van der Waals surface area contributed by atoms with E-state index in [1.165, 1.54) is 41.3 Å². The van der Waals surface area contributed by atoms with Gasteiger partial charge < -0.3 is 16.0 Å². The Morgan fingerprint density at radius 3 is 2.42 bits per heavy atom. The van der Waals surface area contributed by atoms with E-state index < -0.39 is 22.1 Å². The molecule has 10 nitrogen and oxygen atoms in total. The molecule has 1 aliphatic heterocycles. The number of amides is 4. The number of halogens is 2. The first kappa shape index (κ1) is 28.1. The van der Waals surface area contributed by atoms with Crippen molar-refractivity contribution in [2.45, 2.75) is 10.8 Å². The molecule has 0 fully saturated rings. The number of fused-ring (bicyclic) bond motifs is 1. The highest BCUT2D eigenvalue weighted by molar-refractivity contribution is 9.11. The molecule has 2 aromatic heterocycles. The molecule has 0 saturated heterocycles. The fourth-order valence-corrected chi connectivity index (χ4v) is 7.64. The largest absolute Gasteiger partial charge is 0.380 e. The molecule has 1 aliphatic rings. The minimum absolute atomic E-state index is 0.0977. The van der Waals surface area contributed by atoms with E-state index >= 15 is 0 Å². The average Bonchev–Trinajstić information content (AvgIpc) is 3.51. The van der Waals surface area contributed by atoms with Crippen molar-refractivity contribution in [3.05, 3.63) is 85.3 Å². The number of ketones is 1. The Morgan fingerprint density at radius 2 is 1.75 bits per heavy atom. The normalized spacial score (nSPS) is 13.3. The lowest BCUT2D eigenvalue weighted by molar-refractivity contribution is 0.100. The van der Waals surface area contributed by atoms with E-state index in [0.717, 1.165) is 25.7 Å². The molecule has 0 radical (unpaired) electrons. The van der Waals surface area contributed by atoms with Crippen LogP contribution in [0.2, 0.25) is 4.34 Å². The maximum absolute atomic E-state index is 13.1. The van der Waals surface area contributed by atoms with E-state index in [0.29, 0.717) is 23.5 Å². The Balaban J connectivity index is 1.24. The van der Waals surface area contributed by atoms with Crippen molar-refractivity contribution < 1.29 is 22.8 Å². The predicted octanol–water partition coefficient (Wildman–Crippen LogP) is 6.58. The first-order chi connectivity index (χ1) is 19.1. The number of Topliss-reactive ketones (excluding diaryl/α,β-unsaturated/α-hetero) is 1. The number of rotatable bonds is 7. The fourth-order valence-electron chi connectivity index (χ4n) is 3.82. The van der Waals surface area contributed by atoms with Gasteiger partial charge in [0.25, 0.3) is 10.0 Å². The van der Waals surface area contributed by atoms with Gasteiger partial charge in [-0.25, -0.2) is 22.7 Å². The summed E-state index contributed by atoms with van der Waals surface area (Å²) in [5.41, 5.74) is 2.23. The third-order valence-electron chi connectivity index (χ3n) is 5.68. The third-order valence-corrected chi connectivity index (χ3v) is 10.4. The Bertz CT molecular complexity index is 1720. The fraction of sp³-hybridized carbons (Fsp3) is 0.0800. The van der Waals surface area contributed by atoms with Crippen molar-refractivity contribution in [3.8, 4) is 0 Å². The van der Waals surface area contributed by atoms with Crippen LogP contribution < -0.4 is 25.6 Å². The minimum Gasteiger partial charge on any atom is -0.380 e. The van der Waals surface area contributed by atoms with Crippen molar-refractivity contribution in [1.82, 2.24) is 4.72 Å². The number of carbonyl (C=O) groups is 3. The van der Waals surface area contributed by atoms with E-state index in [9.17, 15) is 22.8 Å². The molecule has 4 amide bonds. The number of urea groups is 2. The SMILES string of the molecule is O=C(Nc1ccc(N2CC(=O)c3ccc(NCc4ccc(Br)s4)cc3NC2=O)cc1)NS(=O)(=O)c1ccc(Cl)s1. The van der Waals surface area contributed by atoms with Crippen LogP contribution >= 0.6 is 50.2 Å². The van der Waals surface area contributed by atoms with Gasteiger partial charge in [0.05, 0.1) is 20.4 Å². The highest BCUT2D eigenvalue weighted by Gasteiger charge is 2.27. The molecular formula is C25H19BrClN5O5S3. The summed E-state index contributed by atoms with van der Waals surface area (Å²) < 4.78 is 27.8. The number of benzene rings is 2. The topological polar surface area (TPSA) is 137 Å². The second kappa shape index (κ2) is 11.6. The minimum atomic E-state index is -4.08. The smallest absolute Gasteiger partial charge is 0.333 e. The van der Waals surface area contributed by atoms with Crippen LogP contribution in [0.1, 0.15) is 15.2 Å². The maximum Gasteiger partial charge on any atom is 0.333 e. The number of anilines is 4.